The van der Waals surface area contributed by atoms with Crippen LogP contribution in [-0.2, 0) is 4.74 Å². The maximum Gasteiger partial charge on any atom is 0.244 e. The van der Waals surface area contributed by atoms with E-state index in [0.717, 1.165) is 11.4 Å². The maximum absolute atomic E-state index is 5.17. The van der Waals surface area contributed by atoms with Crippen LogP contribution in [0.5, 0.6) is 5.75 Å². The van der Waals surface area contributed by atoms with Crippen LogP contribution < -0.4 is 15.4 Å². The van der Waals surface area contributed by atoms with Crippen molar-refractivity contribution in [1.82, 2.24) is 15.2 Å². The van der Waals surface area contributed by atoms with Crippen molar-refractivity contribution in [2.75, 3.05) is 38.0 Å². The van der Waals surface area contributed by atoms with Crippen molar-refractivity contribution in [2.24, 2.45) is 0 Å². The van der Waals surface area contributed by atoms with E-state index < -0.39 is 0 Å². The summed E-state index contributed by atoms with van der Waals surface area (Å²) in [6.45, 7) is 1.21. The van der Waals surface area contributed by atoms with Crippen LogP contribution in [0.2, 0.25) is 0 Å². The van der Waals surface area contributed by atoms with E-state index in [4.69, 9.17) is 9.47 Å². The molecule has 20 heavy (non-hydrogen) atoms. The number of rotatable bonds is 7. The highest BCUT2D eigenvalue weighted by atomic mass is 16.5. The van der Waals surface area contributed by atoms with E-state index in [2.05, 4.69) is 25.8 Å². The SMILES string of the molecule is COCCNc1nncc(Nc2cccc(OC)c2)n1. The summed E-state index contributed by atoms with van der Waals surface area (Å²) in [5.74, 6) is 1.83. The third-order valence-corrected chi connectivity index (χ3v) is 2.49. The number of benzene rings is 1. The van der Waals surface area contributed by atoms with Crippen molar-refractivity contribution in [3.8, 4) is 5.75 Å². The van der Waals surface area contributed by atoms with E-state index in [1.807, 2.05) is 24.3 Å². The molecule has 2 aromatic rings. The molecule has 0 atom stereocenters. The van der Waals surface area contributed by atoms with E-state index in [1.54, 1.807) is 20.4 Å². The second-order valence-corrected chi connectivity index (χ2v) is 3.94. The Morgan fingerprint density at radius 1 is 1.25 bits per heavy atom. The fraction of sp³-hybridized carbons (Fsp3) is 0.308. The molecular formula is C13H17N5O2. The molecule has 0 amide bonds. The number of nitrogens with one attached hydrogen (secondary N) is 2. The fourth-order valence-corrected chi connectivity index (χ4v) is 1.55. The van der Waals surface area contributed by atoms with Gasteiger partial charge >= 0.3 is 0 Å². The Morgan fingerprint density at radius 2 is 2.15 bits per heavy atom. The van der Waals surface area contributed by atoms with Gasteiger partial charge in [-0.25, -0.2) is 0 Å². The molecule has 0 unspecified atom stereocenters. The molecule has 0 aliphatic carbocycles. The molecule has 106 valence electrons. The largest absolute Gasteiger partial charge is 0.497 e. The minimum atomic E-state index is 0.454. The van der Waals surface area contributed by atoms with Crippen molar-refractivity contribution in [1.29, 1.82) is 0 Å². The molecule has 2 rings (SSSR count). The maximum atomic E-state index is 5.17. The predicted octanol–water partition coefficient (Wildman–Crippen LogP) is 1.68. The summed E-state index contributed by atoms with van der Waals surface area (Å²) >= 11 is 0. The predicted molar refractivity (Wildman–Crippen MR) is 76.5 cm³/mol. The van der Waals surface area contributed by atoms with Crippen molar-refractivity contribution in [3.05, 3.63) is 30.5 Å². The number of aromatic nitrogens is 3. The summed E-state index contributed by atoms with van der Waals surface area (Å²) in [4.78, 5) is 4.30. The highest BCUT2D eigenvalue weighted by Crippen LogP contribution is 2.19. The highest BCUT2D eigenvalue weighted by molar-refractivity contribution is 5.58. The van der Waals surface area contributed by atoms with Crippen LogP contribution in [0, 0.1) is 0 Å². The Balaban J connectivity index is 2.03. The average molecular weight is 275 g/mol. The number of methoxy groups -OCH3 is 2. The monoisotopic (exact) mass is 275 g/mol. The molecule has 0 spiro atoms. The Hall–Kier alpha value is -2.41. The lowest BCUT2D eigenvalue weighted by molar-refractivity contribution is 0.210. The molecule has 7 nitrogen and oxygen atoms in total. The van der Waals surface area contributed by atoms with Crippen LogP contribution in [0.4, 0.5) is 17.5 Å². The third-order valence-electron chi connectivity index (χ3n) is 2.49. The Kier molecular flexibility index (Phi) is 5.08. The van der Waals surface area contributed by atoms with Gasteiger partial charge in [0.2, 0.25) is 5.95 Å². The number of anilines is 3. The molecule has 1 aromatic heterocycles. The van der Waals surface area contributed by atoms with E-state index >= 15 is 0 Å². The van der Waals surface area contributed by atoms with Crippen LogP contribution in [0.3, 0.4) is 0 Å². The summed E-state index contributed by atoms with van der Waals surface area (Å²) in [7, 11) is 3.27. The smallest absolute Gasteiger partial charge is 0.244 e. The zero-order chi connectivity index (χ0) is 14.2. The molecule has 0 saturated carbocycles. The normalized spacial score (nSPS) is 10.1. The molecule has 2 N–H and O–H groups in total. The van der Waals surface area contributed by atoms with Crippen LogP contribution >= 0.6 is 0 Å². The van der Waals surface area contributed by atoms with Gasteiger partial charge in [0.1, 0.15) is 5.75 Å². The van der Waals surface area contributed by atoms with Crippen LogP contribution in [0.15, 0.2) is 30.5 Å². The summed E-state index contributed by atoms with van der Waals surface area (Å²) < 4.78 is 10.1. The van der Waals surface area contributed by atoms with Gasteiger partial charge in [0.25, 0.3) is 0 Å². The molecule has 0 saturated heterocycles. The average Bonchev–Trinajstić information content (AvgIpc) is 2.48. The van der Waals surface area contributed by atoms with Gasteiger partial charge in [0.15, 0.2) is 5.82 Å². The molecule has 0 radical (unpaired) electrons. The Labute approximate surface area is 117 Å². The molecular weight excluding hydrogens is 258 g/mol. The molecule has 7 heteroatoms. The minimum absolute atomic E-state index is 0.454. The van der Waals surface area contributed by atoms with E-state index in [-0.39, 0.29) is 0 Å². The quantitative estimate of drug-likeness (QED) is 0.744. The molecule has 1 aromatic carbocycles. The van der Waals surface area contributed by atoms with Gasteiger partial charge in [0.05, 0.1) is 19.9 Å². The van der Waals surface area contributed by atoms with Gasteiger partial charge in [0, 0.05) is 25.4 Å². The summed E-state index contributed by atoms with van der Waals surface area (Å²) in [6.07, 6.45) is 1.56. The number of ether oxygens (including phenoxy) is 2. The zero-order valence-corrected chi connectivity index (χ0v) is 11.5. The van der Waals surface area contributed by atoms with E-state index in [1.165, 1.54) is 0 Å². The lowest BCUT2D eigenvalue weighted by atomic mass is 10.3. The first kappa shape index (κ1) is 14.0. The van der Waals surface area contributed by atoms with Gasteiger partial charge < -0.3 is 20.1 Å². The lowest BCUT2D eigenvalue weighted by Gasteiger charge is -2.08. The van der Waals surface area contributed by atoms with Crippen molar-refractivity contribution in [3.63, 3.8) is 0 Å². The van der Waals surface area contributed by atoms with Crippen molar-refractivity contribution in [2.45, 2.75) is 0 Å². The first-order valence-electron chi connectivity index (χ1n) is 6.15. The molecule has 1 heterocycles. The van der Waals surface area contributed by atoms with Crippen LogP contribution in [-0.4, -0.2) is 42.6 Å². The fourth-order valence-electron chi connectivity index (χ4n) is 1.55. The second-order valence-electron chi connectivity index (χ2n) is 3.94. The summed E-state index contributed by atoms with van der Waals surface area (Å²) in [5.41, 5.74) is 0.868. The summed E-state index contributed by atoms with van der Waals surface area (Å²) in [5, 5.41) is 14.0. The number of hydrogen-bond donors (Lipinski definition) is 2. The molecule has 0 aliphatic rings. The molecule has 0 aliphatic heterocycles. The van der Waals surface area contributed by atoms with Crippen LogP contribution in [0.25, 0.3) is 0 Å². The van der Waals surface area contributed by atoms with Crippen molar-refractivity contribution < 1.29 is 9.47 Å². The van der Waals surface area contributed by atoms with Gasteiger partial charge in [-0.1, -0.05) is 6.07 Å². The van der Waals surface area contributed by atoms with E-state index in [9.17, 15) is 0 Å². The molecule has 0 fully saturated rings. The first-order valence-corrected chi connectivity index (χ1v) is 6.15. The second kappa shape index (κ2) is 7.25. The zero-order valence-electron chi connectivity index (χ0n) is 11.5. The lowest BCUT2D eigenvalue weighted by Crippen LogP contribution is -2.11. The molecule has 0 bridgehead atoms. The number of hydrogen-bond acceptors (Lipinski definition) is 7. The van der Waals surface area contributed by atoms with Gasteiger partial charge in [-0.3, -0.25) is 0 Å². The minimum Gasteiger partial charge on any atom is -0.497 e. The number of nitrogens with zero attached hydrogens (tertiary/aromatic N) is 3. The highest BCUT2D eigenvalue weighted by Gasteiger charge is 2.01. The Morgan fingerprint density at radius 3 is 2.95 bits per heavy atom. The van der Waals surface area contributed by atoms with Crippen LogP contribution in [0.1, 0.15) is 0 Å². The topological polar surface area (TPSA) is 81.2 Å². The Bertz CT molecular complexity index is 550. The first-order chi connectivity index (χ1) is 9.81. The van der Waals surface area contributed by atoms with E-state index in [0.29, 0.717) is 24.9 Å². The van der Waals surface area contributed by atoms with Gasteiger partial charge in [-0.15, -0.1) is 5.10 Å². The van der Waals surface area contributed by atoms with Gasteiger partial charge in [-0.2, -0.15) is 10.1 Å². The van der Waals surface area contributed by atoms with Crippen molar-refractivity contribution >= 4 is 17.5 Å². The standard InChI is InChI=1S/C13H17N5O2/c1-19-7-6-14-13-17-12(9-15-18-13)16-10-4-3-5-11(8-10)20-2/h3-5,8-9H,6-7H2,1-2H3,(H2,14,16,17,18). The third kappa shape index (κ3) is 4.06. The van der Waals surface area contributed by atoms with Gasteiger partial charge in [-0.05, 0) is 12.1 Å². The summed E-state index contributed by atoms with van der Waals surface area (Å²) in [6, 6.07) is 7.57.